The topological polar surface area (TPSA) is 73.6 Å². The monoisotopic (exact) mass is 560 g/mol. The van der Waals surface area contributed by atoms with E-state index in [-0.39, 0.29) is 6.61 Å². The van der Waals surface area contributed by atoms with Crippen LogP contribution in [-0.4, -0.2) is 27.2 Å². The summed E-state index contributed by atoms with van der Waals surface area (Å²) in [7, 11) is 2.05. The third-order valence-corrected chi connectivity index (χ3v) is 8.02. The molecular weight excluding hydrogens is 532 g/mol. The van der Waals surface area contributed by atoms with Gasteiger partial charge < -0.3 is 19.1 Å². The predicted octanol–water partition coefficient (Wildman–Crippen LogP) is 7.99. The van der Waals surface area contributed by atoms with Crippen LogP contribution < -0.4 is 9.47 Å². The number of aryl methyl sites for hydroxylation is 2. The molecular formula is C34H28N2O4S. The maximum Gasteiger partial charge on any atom is 0.341 e. The SMILES string of the molecule is Cc1cc(OCc2nc(-c3ccc4c(ccn4C)c3)c(-c3ccc(-c4ccccc4)cc3)s2)ccc1OCC(=O)O. The molecule has 0 aliphatic heterocycles. The van der Waals surface area contributed by atoms with E-state index in [0.717, 1.165) is 32.3 Å². The summed E-state index contributed by atoms with van der Waals surface area (Å²) < 4.78 is 13.6. The van der Waals surface area contributed by atoms with Crippen molar-refractivity contribution in [1.82, 2.24) is 9.55 Å². The minimum absolute atomic E-state index is 0.308. The van der Waals surface area contributed by atoms with E-state index in [2.05, 4.69) is 83.6 Å². The molecule has 0 unspecified atom stereocenters. The van der Waals surface area contributed by atoms with Crippen molar-refractivity contribution in [1.29, 1.82) is 0 Å². The molecule has 7 heteroatoms. The van der Waals surface area contributed by atoms with Gasteiger partial charge in [-0.2, -0.15) is 0 Å². The molecule has 0 radical (unpaired) electrons. The number of carboxylic acid groups (broad SMARTS) is 1. The fraction of sp³-hybridized carbons (Fsp3) is 0.118. The van der Waals surface area contributed by atoms with E-state index in [1.165, 1.54) is 22.0 Å². The first kappa shape index (κ1) is 26.3. The Balaban J connectivity index is 1.31. The number of aromatic nitrogens is 2. The van der Waals surface area contributed by atoms with Crippen LogP contribution in [0.1, 0.15) is 10.6 Å². The molecule has 1 N–H and O–H groups in total. The lowest BCUT2D eigenvalue weighted by molar-refractivity contribution is -0.139. The number of hydrogen-bond acceptors (Lipinski definition) is 5. The van der Waals surface area contributed by atoms with Crippen molar-refractivity contribution in [2.45, 2.75) is 13.5 Å². The van der Waals surface area contributed by atoms with Gasteiger partial charge in [0.05, 0.1) is 10.6 Å². The Kier molecular flexibility index (Phi) is 7.27. The average molecular weight is 561 g/mol. The van der Waals surface area contributed by atoms with Crippen molar-refractivity contribution in [2.24, 2.45) is 7.05 Å². The van der Waals surface area contributed by atoms with Gasteiger partial charge in [-0.15, -0.1) is 11.3 Å². The highest BCUT2D eigenvalue weighted by molar-refractivity contribution is 7.15. The van der Waals surface area contributed by atoms with Crippen LogP contribution in [0, 0.1) is 6.92 Å². The van der Waals surface area contributed by atoms with Crippen molar-refractivity contribution in [3.8, 4) is 44.3 Å². The summed E-state index contributed by atoms with van der Waals surface area (Å²) in [6, 6.07) is 32.9. The summed E-state index contributed by atoms with van der Waals surface area (Å²) in [5.41, 5.74) is 7.42. The number of ether oxygens (including phenoxy) is 2. The lowest BCUT2D eigenvalue weighted by Crippen LogP contribution is -2.10. The molecule has 2 heterocycles. The molecule has 0 aliphatic rings. The normalized spacial score (nSPS) is 11.1. The van der Waals surface area contributed by atoms with Gasteiger partial charge in [-0.3, -0.25) is 0 Å². The van der Waals surface area contributed by atoms with Gasteiger partial charge in [-0.1, -0.05) is 60.7 Å². The number of benzene rings is 4. The van der Waals surface area contributed by atoms with Crippen molar-refractivity contribution in [3.63, 3.8) is 0 Å². The van der Waals surface area contributed by atoms with Crippen LogP contribution in [0.5, 0.6) is 11.5 Å². The lowest BCUT2D eigenvalue weighted by Gasteiger charge is -2.09. The molecule has 0 amide bonds. The van der Waals surface area contributed by atoms with E-state index in [4.69, 9.17) is 19.6 Å². The van der Waals surface area contributed by atoms with Gasteiger partial charge in [0.2, 0.25) is 0 Å². The minimum atomic E-state index is -1.01. The second kappa shape index (κ2) is 11.3. The first-order valence-corrected chi connectivity index (χ1v) is 14.1. The summed E-state index contributed by atoms with van der Waals surface area (Å²) in [6.45, 7) is 1.79. The third-order valence-electron chi connectivity index (χ3n) is 6.94. The summed E-state index contributed by atoms with van der Waals surface area (Å²) in [6.07, 6.45) is 2.07. The Morgan fingerprint density at radius 3 is 2.34 bits per heavy atom. The number of nitrogens with zero attached hydrogens (tertiary/aromatic N) is 2. The number of carbonyl (C=O) groups is 1. The minimum Gasteiger partial charge on any atom is -0.486 e. The molecule has 0 aliphatic carbocycles. The van der Waals surface area contributed by atoms with Crippen LogP contribution in [0.15, 0.2) is 103 Å². The van der Waals surface area contributed by atoms with Crippen molar-refractivity contribution in [2.75, 3.05) is 6.61 Å². The molecule has 6 aromatic rings. The summed E-state index contributed by atoms with van der Waals surface area (Å²) in [4.78, 5) is 17.0. The highest BCUT2D eigenvalue weighted by Crippen LogP contribution is 2.39. The van der Waals surface area contributed by atoms with E-state index in [0.29, 0.717) is 18.1 Å². The molecule has 0 fully saturated rings. The van der Waals surface area contributed by atoms with Crippen LogP contribution >= 0.6 is 11.3 Å². The number of rotatable bonds is 9. The number of hydrogen-bond donors (Lipinski definition) is 1. The number of aliphatic carboxylic acids is 1. The van der Waals surface area contributed by atoms with Crippen LogP contribution in [-0.2, 0) is 18.4 Å². The zero-order valence-corrected chi connectivity index (χ0v) is 23.5. The largest absolute Gasteiger partial charge is 0.486 e. The van der Waals surface area contributed by atoms with Crippen LogP contribution in [0.25, 0.3) is 43.7 Å². The van der Waals surface area contributed by atoms with Crippen LogP contribution in [0.4, 0.5) is 0 Å². The standard InChI is InChI=1S/C34H28N2O4S/c1-22-18-28(13-15-30(22)40-21-32(37)38)39-20-31-35-33(27-12-14-29-26(19-27)16-17-36(29)2)34(41-31)25-10-8-24(9-11-25)23-6-4-3-5-7-23/h3-19H,20-21H2,1-2H3,(H,37,38). The Bertz CT molecular complexity index is 1840. The van der Waals surface area contributed by atoms with Crippen molar-refractivity contribution >= 4 is 28.2 Å². The maximum atomic E-state index is 10.8. The molecule has 6 nitrogen and oxygen atoms in total. The van der Waals surface area contributed by atoms with Gasteiger partial charge in [0.1, 0.15) is 23.1 Å². The van der Waals surface area contributed by atoms with Gasteiger partial charge in [0, 0.05) is 29.7 Å². The first-order chi connectivity index (χ1) is 19.9. The van der Waals surface area contributed by atoms with Gasteiger partial charge in [0.15, 0.2) is 6.61 Å². The van der Waals surface area contributed by atoms with E-state index in [1.54, 1.807) is 23.5 Å². The van der Waals surface area contributed by atoms with Crippen LogP contribution in [0.2, 0.25) is 0 Å². The van der Waals surface area contributed by atoms with Crippen molar-refractivity contribution in [3.05, 3.63) is 114 Å². The average Bonchev–Trinajstić information content (AvgIpc) is 3.59. The zero-order valence-electron chi connectivity index (χ0n) is 22.7. The fourth-order valence-corrected chi connectivity index (χ4v) is 5.85. The number of fused-ring (bicyclic) bond motifs is 1. The summed E-state index contributed by atoms with van der Waals surface area (Å²) >= 11 is 1.63. The summed E-state index contributed by atoms with van der Waals surface area (Å²) in [5, 5.41) is 10.9. The zero-order chi connectivity index (χ0) is 28.3. The molecule has 6 rings (SSSR count). The smallest absolute Gasteiger partial charge is 0.341 e. The second-order valence-electron chi connectivity index (χ2n) is 9.83. The van der Waals surface area contributed by atoms with Gasteiger partial charge >= 0.3 is 5.97 Å². The quantitative estimate of drug-likeness (QED) is 0.194. The summed E-state index contributed by atoms with van der Waals surface area (Å²) in [5.74, 6) is 0.177. The predicted molar refractivity (Wildman–Crippen MR) is 164 cm³/mol. The third kappa shape index (κ3) is 5.71. The molecule has 0 spiro atoms. The highest BCUT2D eigenvalue weighted by Gasteiger charge is 2.17. The molecule has 4 aromatic carbocycles. The van der Waals surface area contributed by atoms with E-state index >= 15 is 0 Å². The molecule has 41 heavy (non-hydrogen) atoms. The Labute approximate surface area is 242 Å². The van der Waals surface area contributed by atoms with E-state index in [9.17, 15) is 4.79 Å². The van der Waals surface area contributed by atoms with Gasteiger partial charge in [-0.05, 0) is 65.6 Å². The molecule has 204 valence electrons. The fourth-order valence-electron chi connectivity index (χ4n) is 4.85. The van der Waals surface area contributed by atoms with E-state index < -0.39 is 5.97 Å². The van der Waals surface area contributed by atoms with Gasteiger partial charge in [-0.25, -0.2) is 9.78 Å². The van der Waals surface area contributed by atoms with E-state index in [1.807, 2.05) is 26.1 Å². The Morgan fingerprint density at radius 2 is 1.59 bits per heavy atom. The lowest BCUT2D eigenvalue weighted by atomic mass is 10.0. The molecule has 0 saturated heterocycles. The Hall–Kier alpha value is -4.88. The first-order valence-electron chi connectivity index (χ1n) is 13.2. The molecule has 0 bridgehead atoms. The second-order valence-corrected chi connectivity index (χ2v) is 10.9. The van der Waals surface area contributed by atoms with Crippen LogP contribution in [0.3, 0.4) is 0 Å². The molecule has 0 saturated carbocycles. The number of thiazole rings is 1. The maximum absolute atomic E-state index is 10.8. The molecule has 2 aromatic heterocycles. The number of carboxylic acids is 1. The van der Waals surface area contributed by atoms with Crippen molar-refractivity contribution < 1.29 is 19.4 Å². The van der Waals surface area contributed by atoms with Gasteiger partial charge in [0.25, 0.3) is 0 Å². The Morgan fingerprint density at radius 1 is 0.854 bits per heavy atom. The molecule has 0 atom stereocenters. The highest BCUT2D eigenvalue weighted by atomic mass is 32.1.